The van der Waals surface area contributed by atoms with Gasteiger partial charge < -0.3 is 10.1 Å². The molecule has 1 saturated carbocycles. The quantitative estimate of drug-likeness (QED) is 0.825. The minimum Gasteiger partial charge on any atom is -0.463 e. The molecule has 1 aliphatic carbocycles. The summed E-state index contributed by atoms with van der Waals surface area (Å²) < 4.78 is 5.53. The fraction of sp³-hybridized carbons (Fsp3) is 0.750. The standard InChI is InChI=1S/C12H19ClN4O/c1-2-7-14-11-15-10(13)16-12(17-11)18-8-6-9-4-3-5-9/h9H,2-8H2,1H3,(H,14,15,16,17). The minimum absolute atomic E-state index is 0.169. The van der Waals surface area contributed by atoms with Crippen LogP contribution in [0.3, 0.4) is 0 Å². The van der Waals surface area contributed by atoms with E-state index in [9.17, 15) is 0 Å². The Hall–Kier alpha value is -1.10. The molecule has 100 valence electrons. The van der Waals surface area contributed by atoms with E-state index in [1.165, 1.54) is 19.3 Å². The lowest BCUT2D eigenvalue weighted by Gasteiger charge is -2.24. The molecular formula is C12H19ClN4O. The zero-order valence-electron chi connectivity index (χ0n) is 10.7. The molecule has 1 N–H and O–H groups in total. The maximum atomic E-state index is 5.83. The molecule has 18 heavy (non-hydrogen) atoms. The van der Waals surface area contributed by atoms with Gasteiger partial charge in [0.05, 0.1) is 6.61 Å². The maximum Gasteiger partial charge on any atom is 0.322 e. The lowest BCUT2D eigenvalue weighted by Crippen LogP contribution is -2.15. The highest BCUT2D eigenvalue weighted by Gasteiger charge is 2.17. The van der Waals surface area contributed by atoms with Gasteiger partial charge in [-0.25, -0.2) is 0 Å². The smallest absolute Gasteiger partial charge is 0.322 e. The van der Waals surface area contributed by atoms with E-state index in [1.54, 1.807) is 0 Å². The van der Waals surface area contributed by atoms with Crippen molar-refractivity contribution in [1.29, 1.82) is 0 Å². The number of hydrogen-bond acceptors (Lipinski definition) is 5. The monoisotopic (exact) mass is 270 g/mol. The number of rotatable bonds is 7. The summed E-state index contributed by atoms with van der Waals surface area (Å²) >= 11 is 5.83. The molecular weight excluding hydrogens is 252 g/mol. The molecule has 5 nitrogen and oxygen atoms in total. The Morgan fingerprint density at radius 1 is 1.33 bits per heavy atom. The van der Waals surface area contributed by atoms with Gasteiger partial charge in [0, 0.05) is 6.54 Å². The van der Waals surface area contributed by atoms with E-state index in [4.69, 9.17) is 16.3 Å². The fourth-order valence-electron chi connectivity index (χ4n) is 1.81. The van der Waals surface area contributed by atoms with Crippen LogP contribution < -0.4 is 10.1 Å². The van der Waals surface area contributed by atoms with Crippen LogP contribution in [0.1, 0.15) is 39.0 Å². The van der Waals surface area contributed by atoms with Crippen LogP contribution in [0, 0.1) is 5.92 Å². The normalized spacial score (nSPS) is 15.2. The van der Waals surface area contributed by atoms with Gasteiger partial charge in [0.15, 0.2) is 0 Å². The van der Waals surface area contributed by atoms with Crippen LogP contribution in [0.5, 0.6) is 6.01 Å². The summed E-state index contributed by atoms with van der Waals surface area (Å²) in [5.41, 5.74) is 0. The molecule has 0 amide bonds. The Labute approximate surface area is 112 Å². The van der Waals surface area contributed by atoms with E-state index in [0.29, 0.717) is 18.6 Å². The molecule has 0 unspecified atom stereocenters. The molecule has 2 rings (SSSR count). The minimum atomic E-state index is 0.169. The third kappa shape index (κ3) is 3.98. The van der Waals surface area contributed by atoms with E-state index in [-0.39, 0.29) is 5.28 Å². The molecule has 1 aromatic heterocycles. The Balaban J connectivity index is 1.83. The molecule has 1 aliphatic rings. The lowest BCUT2D eigenvalue weighted by molar-refractivity contribution is 0.212. The molecule has 1 heterocycles. The summed E-state index contributed by atoms with van der Waals surface area (Å²) in [5, 5.41) is 3.24. The van der Waals surface area contributed by atoms with Crippen LogP contribution >= 0.6 is 11.6 Å². The summed E-state index contributed by atoms with van der Waals surface area (Å²) in [6.07, 6.45) is 6.07. The molecule has 0 atom stereocenters. The first-order chi connectivity index (χ1) is 8.78. The van der Waals surface area contributed by atoms with Gasteiger partial charge in [0.1, 0.15) is 0 Å². The van der Waals surface area contributed by atoms with E-state index in [1.807, 2.05) is 0 Å². The zero-order valence-corrected chi connectivity index (χ0v) is 11.4. The highest BCUT2D eigenvalue weighted by atomic mass is 35.5. The molecule has 0 bridgehead atoms. The van der Waals surface area contributed by atoms with Crippen LogP contribution in [0.2, 0.25) is 5.28 Å². The topological polar surface area (TPSA) is 59.9 Å². The van der Waals surface area contributed by atoms with Gasteiger partial charge in [-0.1, -0.05) is 26.2 Å². The summed E-state index contributed by atoms with van der Waals surface area (Å²) in [6.45, 7) is 3.53. The fourth-order valence-corrected chi connectivity index (χ4v) is 1.96. The van der Waals surface area contributed by atoms with Gasteiger partial charge in [-0.05, 0) is 30.4 Å². The number of nitrogens with one attached hydrogen (secondary N) is 1. The molecule has 1 aromatic rings. The van der Waals surface area contributed by atoms with Crippen LogP contribution in [0.15, 0.2) is 0 Å². The Morgan fingerprint density at radius 3 is 2.83 bits per heavy atom. The lowest BCUT2D eigenvalue weighted by atomic mass is 9.83. The van der Waals surface area contributed by atoms with Crippen molar-refractivity contribution in [2.45, 2.75) is 39.0 Å². The number of halogens is 1. The molecule has 6 heteroatoms. The summed E-state index contributed by atoms with van der Waals surface area (Å²) in [4.78, 5) is 12.1. The predicted octanol–water partition coefficient (Wildman–Crippen LogP) is 2.92. The van der Waals surface area contributed by atoms with Crippen LogP contribution in [-0.2, 0) is 0 Å². The molecule has 0 saturated heterocycles. The van der Waals surface area contributed by atoms with Crippen molar-refractivity contribution < 1.29 is 4.74 Å². The summed E-state index contributed by atoms with van der Waals surface area (Å²) in [5.74, 6) is 1.30. The molecule has 0 radical (unpaired) electrons. The first-order valence-electron chi connectivity index (χ1n) is 6.56. The van der Waals surface area contributed by atoms with Crippen molar-refractivity contribution in [3.63, 3.8) is 0 Å². The zero-order chi connectivity index (χ0) is 12.8. The first kappa shape index (κ1) is 13.3. The second-order valence-electron chi connectivity index (χ2n) is 4.57. The summed E-state index contributed by atoms with van der Waals surface area (Å²) in [7, 11) is 0. The van der Waals surface area contributed by atoms with Crippen molar-refractivity contribution in [3.8, 4) is 6.01 Å². The second-order valence-corrected chi connectivity index (χ2v) is 4.91. The van der Waals surface area contributed by atoms with Crippen molar-refractivity contribution in [2.24, 2.45) is 5.92 Å². The van der Waals surface area contributed by atoms with Gasteiger partial charge in [-0.3, -0.25) is 0 Å². The molecule has 0 spiro atoms. The Kier molecular flexibility index (Phi) is 4.99. The third-order valence-corrected chi connectivity index (χ3v) is 3.27. The molecule has 1 fully saturated rings. The van der Waals surface area contributed by atoms with E-state index in [2.05, 4.69) is 27.2 Å². The molecule has 0 aliphatic heterocycles. The van der Waals surface area contributed by atoms with Crippen LogP contribution in [-0.4, -0.2) is 28.1 Å². The van der Waals surface area contributed by atoms with Gasteiger partial charge in [0.2, 0.25) is 11.2 Å². The van der Waals surface area contributed by atoms with Crippen LogP contribution in [0.25, 0.3) is 0 Å². The second kappa shape index (κ2) is 6.73. The van der Waals surface area contributed by atoms with E-state index in [0.717, 1.165) is 25.3 Å². The summed E-state index contributed by atoms with van der Waals surface area (Å²) in [6, 6.07) is 0.313. The average molecular weight is 271 g/mol. The first-order valence-corrected chi connectivity index (χ1v) is 6.94. The SMILES string of the molecule is CCCNc1nc(Cl)nc(OCCC2CCC2)n1. The van der Waals surface area contributed by atoms with Crippen molar-refractivity contribution >= 4 is 17.5 Å². The van der Waals surface area contributed by atoms with Gasteiger partial charge >= 0.3 is 6.01 Å². The van der Waals surface area contributed by atoms with Crippen molar-refractivity contribution in [2.75, 3.05) is 18.5 Å². The number of ether oxygens (including phenoxy) is 1. The predicted molar refractivity (Wildman–Crippen MR) is 71.1 cm³/mol. The number of nitrogens with zero attached hydrogens (tertiary/aromatic N) is 3. The van der Waals surface area contributed by atoms with Crippen molar-refractivity contribution in [1.82, 2.24) is 15.0 Å². The maximum absolute atomic E-state index is 5.83. The van der Waals surface area contributed by atoms with Gasteiger partial charge in [-0.15, -0.1) is 0 Å². The Bertz CT molecular complexity index is 384. The average Bonchev–Trinajstić information content (AvgIpc) is 2.29. The Morgan fingerprint density at radius 2 is 2.17 bits per heavy atom. The van der Waals surface area contributed by atoms with Gasteiger partial charge in [0.25, 0.3) is 0 Å². The van der Waals surface area contributed by atoms with Gasteiger partial charge in [-0.2, -0.15) is 15.0 Å². The van der Waals surface area contributed by atoms with Crippen LogP contribution in [0.4, 0.5) is 5.95 Å². The largest absolute Gasteiger partial charge is 0.463 e. The highest BCUT2D eigenvalue weighted by molar-refractivity contribution is 6.28. The number of hydrogen-bond donors (Lipinski definition) is 1. The third-order valence-electron chi connectivity index (χ3n) is 3.10. The highest BCUT2D eigenvalue weighted by Crippen LogP contribution is 2.29. The van der Waals surface area contributed by atoms with E-state index < -0.39 is 0 Å². The van der Waals surface area contributed by atoms with E-state index >= 15 is 0 Å². The van der Waals surface area contributed by atoms with Crippen molar-refractivity contribution in [3.05, 3.63) is 5.28 Å². The number of anilines is 1. The number of aromatic nitrogens is 3. The molecule has 0 aromatic carbocycles.